The Labute approximate surface area is 90.7 Å². The number of methoxy groups -OCH3 is 1. The topological polar surface area (TPSA) is 9.23 Å². The minimum absolute atomic E-state index is 0.732. The van der Waals surface area contributed by atoms with Gasteiger partial charge in [0.25, 0.3) is 0 Å². The van der Waals surface area contributed by atoms with Crippen molar-refractivity contribution in [2.45, 2.75) is 4.90 Å². The molecule has 1 aromatic carbocycles. The highest BCUT2D eigenvalue weighted by atomic mass is 35.5. The first-order valence-electron chi connectivity index (χ1n) is 3.67. The molecule has 0 spiro atoms. The molecule has 13 heavy (non-hydrogen) atoms. The predicted molar refractivity (Wildman–Crippen MR) is 60.6 cm³/mol. The first kappa shape index (κ1) is 9.19. The summed E-state index contributed by atoms with van der Waals surface area (Å²) < 4.78 is 6.18. The summed E-state index contributed by atoms with van der Waals surface area (Å²) in [6, 6.07) is 5.78. The van der Waals surface area contributed by atoms with Crippen molar-refractivity contribution < 1.29 is 4.74 Å². The van der Waals surface area contributed by atoms with E-state index in [1.54, 1.807) is 18.4 Å². The van der Waals surface area contributed by atoms with Crippen molar-refractivity contribution in [1.82, 2.24) is 0 Å². The fraction of sp³-hybridized carbons (Fsp3) is 0.111. The van der Waals surface area contributed by atoms with Gasteiger partial charge in [-0.05, 0) is 23.6 Å². The van der Waals surface area contributed by atoms with Crippen LogP contribution in [0.5, 0.6) is 5.06 Å². The van der Waals surface area contributed by atoms with Crippen LogP contribution in [0, 0.1) is 0 Å². The van der Waals surface area contributed by atoms with E-state index in [4.69, 9.17) is 16.3 Å². The van der Waals surface area contributed by atoms with Gasteiger partial charge in [0.15, 0.2) is 5.06 Å². The summed E-state index contributed by atoms with van der Waals surface area (Å²) >= 11 is 11.8. The summed E-state index contributed by atoms with van der Waals surface area (Å²) in [7, 11) is 1.65. The van der Waals surface area contributed by atoms with E-state index in [1.165, 1.54) is 0 Å². The van der Waals surface area contributed by atoms with Crippen LogP contribution in [-0.4, -0.2) is 7.11 Å². The fourth-order valence-electron chi connectivity index (χ4n) is 1.17. The molecule has 0 radical (unpaired) electrons. The lowest BCUT2D eigenvalue weighted by molar-refractivity contribution is 0.427. The van der Waals surface area contributed by atoms with Crippen molar-refractivity contribution in [2.24, 2.45) is 0 Å². The molecule has 2 aromatic rings. The zero-order valence-electron chi connectivity index (χ0n) is 6.87. The Morgan fingerprint density at radius 2 is 2.15 bits per heavy atom. The number of benzene rings is 1. The highest BCUT2D eigenvalue weighted by Crippen LogP contribution is 2.37. The van der Waals surface area contributed by atoms with Gasteiger partial charge < -0.3 is 4.74 Å². The third-order valence-electron chi connectivity index (χ3n) is 1.73. The minimum atomic E-state index is 0.732. The van der Waals surface area contributed by atoms with Crippen molar-refractivity contribution in [3.05, 3.63) is 23.2 Å². The summed E-state index contributed by atoms with van der Waals surface area (Å²) in [6.45, 7) is 0. The van der Waals surface area contributed by atoms with E-state index in [-0.39, 0.29) is 0 Å². The lowest BCUT2D eigenvalue weighted by atomic mass is 10.3. The summed E-state index contributed by atoms with van der Waals surface area (Å²) in [6.07, 6.45) is 0. The number of halogens is 1. The lowest BCUT2D eigenvalue weighted by Gasteiger charge is -1.94. The van der Waals surface area contributed by atoms with Crippen molar-refractivity contribution in [3.8, 4) is 5.06 Å². The van der Waals surface area contributed by atoms with Crippen LogP contribution < -0.4 is 4.74 Å². The van der Waals surface area contributed by atoms with E-state index in [9.17, 15) is 0 Å². The van der Waals surface area contributed by atoms with Crippen LogP contribution in [0.4, 0.5) is 0 Å². The lowest BCUT2D eigenvalue weighted by Crippen LogP contribution is -1.73. The Bertz CT molecular complexity index is 450. The van der Waals surface area contributed by atoms with Gasteiger partial charge in [-0.2, -0.15) is 0 Å². The Hall–Kier alpha value is -0.380. The van der Waals surface area contributed by atoms with Gasteiger partial charge in [-0.1, -0.05) is 22.9 Å². The highest BCUT2D eigenvalue weighted by Gasteiger charge is 2.06. The van der Waals surface area contributed by atoms with Gasteiger partial charge in [0.2, 0.25) is 0 Å². The molecule has 0 saturated carbocycles. The third-order valence-corrected chi connectivity index (χ3v) is 3.55. The molecule has 0 amide bonds. The largest absolute Gasteiger partial charge is 0.487 e. The highest BCUT2D eigenvalue weighted by molar-refractivity contribution is 7.80. The van der Waals surface area contributed by atoms with Crippen molar-refractivity contribution in [1.29, 1.82) is 0 Å². The molecule has 0 fully saturated rings. The van der Waals surface area contributed by atoms with Crippen LogP contribution in [0.1, 0.15) is 0 Å². The van der Waals surface area contributed by atoms with E-state index >= 15 is 0 Å². The number of hydrogen-bond acceptors (Lipinski definition) is 3. The van der Waals surface area contributed by atoms with Gasteiger partial charge in [0, 0.05) is 4.90 Å². The molecule has 1 heterocycles. The fourth-order valence-corrected chi connectivity index (χ4v) is 2.72. The molecule has 0 aliphatic heterocycles. The van der Waals surface area contributed by atoms with Gasteiger partial charge in [0.05, 0.1) is 16.8 Å². The van der Waals surface area contributed by atoms with Crippen LogP contribution in [0.25, 0.3) is 10.1 Å². The Balaban J connectivity index is 2.75. The van der Waals surface area contributed by atoms with E-state index in [1.807, 2.05) is 18.2 Å². The zero-order valence-corrected chi connectivity index (χ0v) is 9.34. The number of rotatable bonds is 1. The van der Waals surface area contributed by atoms with Gasteiger partial charge >= 0.3 is 0 Å². The van der Waals surface area contributed by atoms with Crippen LogP contribution >= 0.6 is 35.6 Å². The number of thiol groups is 1. The maximum Gasteiger partial charge on any atom is 0.174 e. The molecule has 0 N–H and O–H groups in total. The minimum Gasteiger partial charge on any atom is -0.487 e. The summed E-state index contributed by atoms with van der Waals surface area (Å²) in [5, 5.41) is 2.69. The molecule has 1 aromatic heterocycles. The Kier molecular flexibility index (Phi) is 2.41. The van der Waals surface area contributed by atoms with Gasteiger partial charge in [-0.15, -0.1) is 12.6 Å². The van der Waals surface area contributed by atoms with E-state index in [0.717, 1.165) is 25.1 Å². The standard InChI is InChI=1S/C9H7ClOS2/c1-11-8-3-5-2-6(12)4-7(10)9(5)13-8/h2-4,12H,1H3. The molecule has 0 aliphatic carbocycles. The average molecular weight is 231 g/mol. The van der Waals surface area contributed by atoms with Crippen LogP contribution in [0.15, 0.2) is 23.1 Å². The molecule has 4 heteroatoms. The number of fused-ring (bicyclic) bond motifs is 1. The molecule has 68 valence electrons. The van der Waals surface area contributed by atoms with Crippen molar-refractivity contribution >= 4 is 45.7 Å². The normalized spacial score (nSPS) is 10.7. The molecular weight excluding hydrogens is 224 g/mol. The SMILES string of the molecule is COc1cc2cc(S)cc(Cl)c2s1. The molecule has 0 aliphatic rings. The summed E-state index contributed by atoms with van der Waals surface area (Å²) in [5.41, 5.74) is 0. The molecule has 0 unspecified atom stereocenters. The van der Waals surface area contributed by atoms with Gasteiger partial charge in [-0.3, -0.25) is 0 Å². The van der Waals surface area contributed by atoms with E-state index < -0.39 is 0 Å². The summed E-state index contributed by atoms with van der Waals surface area (Å²) in [4.78, 5) is 0.873. The first-order valence-corrected chi connectivity index (χ1v) is 5.31. The van der Waals surface area contributed by atoms with Crippen LogP contribution in [0.3, 0.4) is 0 Å². The smallest absolute Gasteiger partial charge is 0.174 e. The maximum atomic E-state index is 6.04. The molecule has 0 atom stereocenters. The quantitative estimate of drug-likeness (QED) is 0.733. The van der Waals surface area contributed by atoms with E-state index in [2.05, 4.69) is 12.6 Å². The molecular formula is C9H7ClOS2. The molecule has 0 bridgehead atoms. The van der Waals surface area contributed by atoms with Gasteiger partial charge in [-0.25, -0.2) is 0 Å². The van der Waals surface area contributed by atoms with Crippen LogP contribution in [-0.2, 0) is 0 Å². The zero-order chi connectivity index (χ0) is 9.42. The summed E-state index contributed by atoms with van der Waals surface area (Å²) in [5.74, 6) is 0. The van der Waals surface area contributed by atoms with Crippen molar-refractivity contribution in [2.75, 3.05) is 7.11 Å². The third kappa shape index (κ3) is 1.64. The number of hydrogen-bond donors (Lipinski definition) is 1. The second-order valence-corrected chi connectivity index (χ2v) is 4.55. The molecule has 0 saturated heterocycles. The number of ether oxygens (including phenoxy) is 1. The Morgan fingerprint density at radius 3 is 2.85 bits per heavy atom. The molecule has 1 nitrogen and oxygen atoms in total. The van der Waals surface area contributed by atoms with Crippen LogP contribution in [0.2, 0.25) is 5.02 Å². The monoisotopic (exact) mass is 230 g/mol. The second-order valence-electron chi connectivity index (χ2n) is 2.62. The van der Waals surface area contributed by atoms with Crippen molar-refractivity contribution in [3.63, 3.8) is 0 Å². The van der Waals surface area contributed by atoms with Gasteiger partial charge in [0.1, 0.15) is 0 Å². The molecule has 2 rings (SSSR count). The average Bonchev–Trinajstić information content (AvgIpc) is 2.47. The number of thiophene rings is 1. The maximum absolute atomic E-state index is 6.04. The first-order chi connectivity index (χ1) is 6.20. The second kappa shape index (κ2) is 3.40. The predicted octanol–water partition coefficient (Wildman–Crippen LogP) is 3.85. The Morgan fingerprint density at radius 1 is 1.38 bits per heavy atom. The van der Waals surface area contributed by atoms with E-state index in [0.29, 0.717) is 0 Å².